The molecule has 3 rings (SSSR count). The molecule has 24 heavy (non-hydrogen) atoms. The molecule has 1 N–H and O–H groups in total. The van der Waals surface area contributed by atoms with Crippen LogP contribution in [-0.4, -0.2) is 51.1 Å². The molecular weight excluding hydrogens is 314 g/mol. The lowest BCUT2D eigenvalue weighted by atomic mass is 10.1. The Morgan fingerprint density at radius 3 is 2.79 bits per heavy atom. The second-order valence-corrected chi connectivity index (χ2v) is 6.26. The highest BCUT2D eigenvalue weighted by molar-refractivity contribution is 5.83. The summed E-state index contributed by atoms with van der Waals surface area (Å²) >= 11 is 0. The maximum atomic E-state index is 11.3. The molecule has 2 atom stereocenters. The van der Waals surface area contributed by atoms with Crippen molar-refractivity contribution in [3.63, 3.8) is 0 Å². The van der Waals surface area contributed by atoms with Crippen molar-refractivity contribution in [1.82, 2.24) is 9.80 Å². The van der Waals surface area contributed by atoms with Gasteiger partial charge in [0.25, 0.3) is 5.69 Å². The minimum absolute atomic E-state index is 0.0153. The van der Waals surface area contributed by atoms with Gasteiger partial charge in [-0.3, -0.25) is 15.0 Å². The summed E-state index contributed by atoms with van der Waals surface area (Å²) in [6.07, 6.45) is 0.601. The van der Waals surface area contributed by atoms with Crippen molar-refractivity contribution in [3.8, 4) is 0 Å². The number of non-ortho nitro benzene ring substituents is 1. The van der Waals surface area contributed by atoms with Gasteiger partial charge in [-0.25, -0.2) is 4.79 Å². The molecule has 0 saturated carbocycles. The summed E-state index contributed by atoms with van der Waals surface area (Å²) in [5, 5.41) is 21.1. The van der Waals surface area contributed by atoms with Crippen LogP contribution in [0.25, 0.3) is 11.0 Å². The van der Waals surface area contributed by atoms with Gasteiger partial charge in [-0.2, -0.15) is 0 Å². The molecule has 1 aromatic carbocycles. The standard InChI is InChI=1S/C16H19N3O5/c1-10-8-18(16(20)21)11(2)7-17(10)9-13-6-14(19(22)23)5-12-3-4-24-15(12)13/h3-6,10-11H,7-9H2,1-2H3,(H,20,21)/t10-,11+/m1/s1. The number of fused-ring (bicyclic) bond motifs is 1. The number of benzene rings is 1. The molecule has 1 aliphatic heterocycles. The van der Waals surface area contributed by atoms with E-state index < -0.39 is 11.0 Å². The summed E-state index contributed by atoms with van der Waals surface area (Å²) in [6, 6.07) is 4.62. The summed E-state index contributed by atoms with van der Waals surface area (Å²) in [5.41, 5.74) is 1.41. The van der Waals surface area contributed by atoms with E-state index in [1.54, 1.807) is 6.07 Å². The second kappa shape index (κ2) is 6.12. The first-order valence-electron chi connectivity index (χ1n) is 7.75. The van der Waals surface area contributed by atoms with Crippen LogP contribution in [0.5, 0.6) is 0 Å². The van der Waals surface area contributed by atoms with Gasteiger partial charge in [0.15, 0.2) is 0 Å². The first-order chi connectivity index (χ1) is 11.4. The van der Waals surface area contributed by atoms with E-state index in [1.807, 2.05) is 13.8 Å². The lowest BCUT2D eigenvalue weighted by Gasteiger charge is -2.42. The number of carboxylic acid groups (broad SMARTS) is 1. The molecule has 1 saturated heterocycles. The van der Waals surface area contributed by atoms with Crippen LogP contribution in [0.15, 0.2) is 28.9 Å². The fourth-order valence-corrected chi connectivity index (χ4v) is 3.27. The average molecular weight is 333 g/mol. The van der Waals surface area contributed by atoms with Gasteiger partial charge in [0, 0.05) is 54.8 Å². The Hall–Kier alpha value is -2.61. The van der Waals surface area contributed by atoms with E-state index in [9.17, 15) is 20.0 Å². The van der Waals surface area contributed by atoms with Crippen LogP contribution in [0.3, 0.4) is 0 Å². The Bertz CT molecular complexity index is 787. The molecule has 8 heteroatoms. The molecule has 1 fully saturated rings. The van der Waals surface area contributed by atoms with Gasteiger partial charge in [-0.15, -0.1) is 0 Å². The Morgan fingerprint density at radius 2 is 2.12 bits per heavy atom. The van der Waals surface area contributed by atoms with Gasteiger partial charge in [0.1, 0.15) is 5.58 Å². The summed E-state index contributed by atoms with van der Waals surface area (Å²) in [5.74, 6) is 0. The lowest BCUT2D eigenvalue weighted by Crippen LogP contribution is -2.57. The molecule has 1 aliphatic rings. The third-order valence-electron chi connectivity index (χ3n) is 4.56. The molecule has 0 unspecified atom stereocenters. The monoisotopic (exact) mass is 333 g/mol. The number of carbonyl (C=O) groups is 1. The fraction of sp³-hybridized carbons (Fsp3) is 0.438. The summed E-state index contributed by atoms with van der Waals surface area (Å²) < 4.78 is 5.49. The van der Waals surface area contributed by atoms with E-state index in [-0.39, 0.29) is 17.8 Å². The minimum atomic E-state index is -0.919. The minimum Gasteiger partial charge on any atom is -0.465 e. The maximum Gasteiger partial charge on any atom is 0.407 e. The van der Waals surface area contributed by atoms with Crippen LogP contribution in [0.1, 0.15) is 19.4 Å². The largest absolute Gasteiger partial charge is 0.465 e. The Balaban J connectivity index is 1.88. The fourth-order valence-electron chi connectivity index (χ4n) is 3.27. The van der Waals surface area contributed by atoms with E-state index in [0.29, 0.717) is 30.6 Å². The SMILES string of the molecule is C[C@@H]1CN(C(=O)O)[C@@H](C)CN1Cc1cc([N+](=O)[O-])cc2ccoc12. The van der Waals surface area contributed by atoms with Gasteiger partial charge in [0.05, 0.1) is 11.2 Å². The van der Waals surface area contributed by atoms with Crippen molar-refractivity contribution in [1.29, 1.82) is 0 Å². The zero-order chi connectivity index (χ0) is 17.4. The summed E-state index contributed by atoms with van der Waals surface area (Å²) in [6.45, 7) is 5.27. The molecule has 0 spiro atoms. The molecule has 0 radical (unpaired) electrons. The highest BCUT2D eigenvalue weighted by Gasteiger charge is 2.32. The van der Waals surface area contributed by atoms with Crippen molar-refractivity contribution >= 4 is 22.7 Å². The van der Waals surface area contributed by atoms with Gasteiger partial charge in [-0.1, -0.05) is 0 Å². The summed E-state index contributed by atoms with van der Waals surface area (Å²) in [7, 11) is 0. The van der Waals surface area contributed by atoms with Gasteiger partial charge in [0.2, 0.25) is 0 Å². The average Bonchev–Trinajstić information content (AvgIpc) is 2.98. The number of amides is 1. The number of nitro benzene ring substituents is 1. The summed E-state index contributed by atoms with van der Waals surface area (Å²) in [4.78, 5) is 25.5. The molecule has 128 valence electrons. The van der Waals surface area contributed by atoms with Gasteiger partial charge < -0.3 is 14.4 Å². The van der Waals surface area contributed by atoms with Crippen molar-refractivity contribution in [2.45, 2.75) is 32.5 Å². The number of nitrogens with zero attached hydrogens (tertiary/aromatic N) is 3. The number of piperazine rings is 1. The molecule has 0 aliphatic carbocycles. The Labute approximate surface area is 138 Å². The van der Waals surface area contributed by atoms with Crippen molar-refractivity contribution < 1.29 is 19.2 Å². The molecule has 8 nitrogen and oxygen atoms in total. The van der Waals surface area contributed by atoms with Crippen LogP contribution in [0.2, 0.25) is 0 Å². The van der Waals surface area contributed by atoms with E-state index in [2.05, 4.69) is 4.90 Å². The number of nitro groups is 1. The molecule has 1 amide bonds. The first-order valence-corrected chi connectivity index (χ1v) is 7.75. The third kappa shape index (κ3) is 2.92. The maximum absolute atomic E-state index is 11.3. The van der Waals surface area contributed by atoms with Crippen LogP contribution in [-0.2, 0) is 6.54 Å². The topological polar surface area (TPSA) is 100 Å². The molecular formula is C16H19N3O5. The van der Waals surface area contributed by atoms with Crippen LogP contribution in [0.4, 0.5) is 10.5 Å². The molecule has 2 aromatic rings. The predicted molar refractivity (Wildman–Crippen MR) is 86.9 cm³/mol. The number of hydrogen-bond acceptors (Lipinski definition) is 5. The number of rotatable bonds is 3. The first kappa shape index (κ1) is 16.3. The highest BCUT2D eigenvalue weighted by atomic mass is 16.6. The number of furan rings is 1. The second-order valence-electron chi connectivity index (χ2n) is 6.26. The lowest BCUT2D eigenvalue weighted by molar-refractivity contribution is -0.384. The van der Waals surface area contributed by atoms with Crippen LogP contribution in [0, 0.1) is 10.1 Å². The molecule has 0 bridgehead atoms. The quantitative estimate of drug-likeness (QED) is 0.685. The van der Waals surface area contributed by atoms with Crippen LogP contribution >= 0.6 is 0 Å². The van der Waals surface area contributed by atoms with Crippen molar-refractivity contribution in [3.05, 3.63) is 40.1 Å². The Morgan fingerprint density at radius 1 is 1.38 bits per heavy atom. The van der Waals surface area contributed by atoms with E-state index in [1.165, 1.54) is 23.3 Å². The van der Waals surface area contributed by atoms with Crippen molar-refractivity contribution in [2.24, 2.45) is 0 Å². The van der Waals surface area contributed by atoms with E-state index in [0.717, 1.165) is 5.56 Å². The normalized spacial score (nSPS) is 22.0. The van der Waals surface area contributed by atoms with Gasteiger partial charge in [-0.05, 0) is 19.9 Å². The zero-order valence-corrected chi connectivity index (χ0v) is 13.5. The smallest absolute Gasteiger partial charge is 0.407 e. The number of hydrogen-bond donors (Lipinski definition) is 1. The van der Waals surface area contributed by atoms with Crippen LogP contribution < -0.4 is 0 Å². The third-order valence-corrected chi connectivity index (χ3v) is 4.56. The molecule has 1 aromatic heterocycles. The van der Waals surface area contributed by atoms with Crippen molar-refractivity contribution in [2.75, 3.05) is 13.1 Å². The highest BCUT2D eigenvalue weighted by Crippen LogP contribution is 2.28. The zero-order valence-electron chi connectivity index (χ0n) is 13.5. The molecule has 2 heterocycles. The van der Waals surface area contributed by atoms with E-state index >= 15 is 0 Å². The predicted octanol–water partition coefficient (Wildman–Crippen LogP) is 2.91. The van der Waals surface area contributed by atoms with Gasteiger partial charge >= 0.3 is 6.09 Å². The van der Waals surface area contributed by atoms with E-state index in [4.69, 9.17) is 4.42 Å². The Kier molecular flexibility index (Phi) is 4.15.